The van der Waals surface area contributed by atoms with E-state index in [0.717, 1.165) is 6.26 Å². The standard InChI is InChI=1S/C10H9ClO4S2/c1-16(12,13)6-9-4-7-2-3-8(11)5-10(7)17(9,14)15/h2-5H,6H2,1H3. The summed E-state index contributed by atoms with van der Waals surface area (Å²) in [4.78, 5) is -0.0269. The molecule has 7 heteroatoms. The summed E-state index contributed by atoms with van der Waals surface area (Å²) in [6.45, 7) is 0. The Morgan fingerprint density at radius 2 is 1.94 bits per heavy atom. The van der Waals surface area contributed by atoms with E-state index in [1.54, 1.807) is 12.1 Å². The maximum atomic E-state index is 12.0. The third-order valence-electron chi connectivity index (χ3n) is 2.33. The Hall–Kier alpha value is -0.850. The highest BCUT2D eigenvalue weighted by Crippen LogP contribution is 2.34. The number of sulfone groups is 2. The average molecular weight is 293 g/mol. The molecule has 17 heavy (non-hydrogen) atoms. The van der Waals surface area contributed by atoms with Crippen LogP contribution in [0.2, 0.25) is 5.02 Å². The first-order valence-corrected chi connectivity index (χ1v) is 8.55. The molecule has 0 saturated heterocycles. The Morgan fingerprint density at radius 1 is 1.29 bits per heavy atom. The van der Waals surface area contributed by atoms with Crippen molar-refractivity contribution in [2.45, 2.75) is 4.90 Å². The highest BCUT2D eigenvalue weighted by Gasteiger charge is 2.31. The molecule has 1 aliphatic rings. The van der Waals surface area contributed by atoms with E-state index in [-0.39, 0.29) is 9.80 Å². The maximum absolute atomic E-state index is 12.0. The number of fused-ring (bicyclic) bond motifs is 1. The van der Waals surface area contributed by atoms with Crippen molar-refractivity contribution in [3.05, 3.63) is 33.7 Å². The Labute approximate surface area is 105 Å². The van der Waals surface area contributed by atoms with Crippen LogP contribution in [0.1, 0.15) is 5.56 Å². The van der Waals surface area contributed by atoms with E-state index in [9.17, 15) is 16.8 Å². The third-order valence-corrected chi connectivity index (χ3v) is 5.47. The van der Waals surface area contributed by atoms with Crippen LogP contribution in [0.3, 0.4) is 0 Å². The van der Waals surface area contributed by atoms with E-state index in [0.29, 0.717) is 10.6 Å². The van der Waals surface area contributed by atoms with E-state index in [1.165, 1.54) is 12.1 Å². The predicted octanol–water partition coefficient (Wildman–Crippen LogP) is 1.51. The molecule has 1 heterocycles. The van der Waals surface area contributed by atoms with Gasteiger partial charge in [-0.05, 0) is 23.8 Å². The second-order valence-electron chi connectivity index (χ2n) is 3.87. The summed E-state index contributed by atoms with van der Waals surface area (Å²) in [6, 6.07) is 4.46. The minimum absolute atomic E-state index is 0.0728. The molecule has 0 spiro atoms. The van der Waals surface area contributed by atoms with Crippen molar-refractivity contribution in [2.75, 3.05) is 12.0 Å². The summed E-state index contributed by atoms with van der Waals surface area (Å²) < 4.78 is 46.4. The van der Waals surface area contributed by atoms with Crippen molar-refractivity contribution in [2.24, 2.45) is 0 Å². The van der Waals surface area contributed by atoms with Crippen LogP contribution in [-0.2, 0) is 19.7 Å². The Kier molecular flexibility index (Phi) is 2.84. The van der Waals surface area contributed by atoms with E-state index in [2.05, 4.69) is 0 Å². The van der Waals surface area contributed by atoms with Crippen LogP contribution in [0.4, 0.5) is 0 Å². The lowest BCUT2D eigenvalue weighted by Gasteiger charge is -2.02. The summed E-state index contributed by atoms with van der Waals surface area (Å²) in [5.74, 6) is -0.484. The van der Waals surface area contributed by atoms with Gasteiger partial charge in [0.25, 0.3) is 0 Å². The topological polar surface area (TPSA) is 68.3 Å². The minimum atomic E-state index is -3.70. The van der Waals surface area contributed by atoms with Gasteiger partial charge in [0.1, 0.15) is 0 Å². The molecule has 0 amide bonds. The lowest BCUT2D eigenvalue weighted by Crippen LogP contribution is -2.11. The van der Waals surface area contributed by atoms with Gasteiger partial charge < -0.3 is 0 Å². The molecule has 0 bridgehead atoms. The number of halogens is 1. The summed E-state index contributed by atoms with van der Waals surface area (Å²) in [6.07, 6.45) is 2.38. The van der Waals surface area contributed by atoms with Gasteiger partial charge >= 0.3 is 0 Å². The SMILES string of the molecule is CS(=O)(=O)CC1=Cc2ccc(Cl)cc2S1(=O)=O. The molecule has 2 rings (SSSR count). The molecule has 0 unspecified atom stereocenters. The first kappa shape index (κ1) is 12.6. The first-order valence-electron chi connectivity index (χ1n) is 4.63. The molecule has 0 fully saturated rings. The largest absolute Gasteiger partial charge is 0.229 e. The van der Waals surface area contributed by atoms with Crippen LogP contribution < -0.4 is 0 Å². The fraction of sp³-hybridized carbons (Fsp3) is 0.200. The predicted molar refractivity (Wildman–Crippen MR) is 66.3 cm³/mol. The monoisotopic (exact) mass is 292 g/mol. The number of benzene rings is 1. The Bertz CT molecular complexity index is 715. The Balaban J connectivity index is 2.58. The summed E-state index contributed by atoms with van der Waals surface area (Å²) in [5, 5.41) is 0.307. The molecule has 0 radical (unpaired) electrons. The molecule has 1 aromatic rings. The van der Waals surface area contributed by atoms with Gasteiger partial charge in [-0.1, -0.05) is 17.7 Å². The molecule has 0 aromatic heterocycles. The minimum Gasteiger partial charge on any atom is -0.229 e. The van der Waals surface area contributed by atoms with Crippen molar-refractivity contribution in [3.63, 3.8) is 0 Å². The quantitative estimate of drug-likeness (QED) is 0.828. The number of hydrogen-bond acceptors (Lipinski definition) is 4. The fourth-order valence-electron chi connectivity index (χ4n) is 1.63. The van der Waals surface area contributed by atoms with E-state index >= 15 is 0 Å². The fourth-order valence-corrected chi connectivity index (χ4v) is 5.01. The van der Waals surface area contributed by atoms with Gasteiger partial charge in [-0.2, -0.15) is 0 Å². The van der Waals surface area contributed by atoms with Crippen molar-refractivity contribution in [1.82, 2.24) is 0 Å². The van der Waals surface area contributed by atoms with Crippen molar-refractivity contribution in [1.29, 1.82) is 0 Å². The van der Waals surface area contributed by atoms with E-state index in [4.69, 9.17) is 11.6 Å². The van der Waals surface area contributed by atoms with E-state index in [1.807, 2.05) is 0 Å². The van der Waals surface area contributed by atoms with E-state index < -0.39 is 25.4 Å². The van der Waals surface area contributed by atoms with Gasteiger partial charge in [-0.3, -0.25) is 0 Å². The molecule has 1 aromatic carbocycles. The summed E-state index contributed by atoms with van der Waals surface area (Å²) >= 11 is 5.73. The molecule has 0 atom stereocenters. The van der Waals surface area contributed by atoms with Gasteiger partial charge in [-0.25, -0.2) is 16.8 Å². The van der Waals surface area contributed by atoms with Crippen molar-refractivity contribution in [3.8, 4) is 0 Å². The maximum Gasteiger partial charge on any atom is 0.204 e. The first-order chi connectivity index (χ1) is 7.70. The van der Waals surface area contributed by atoms with Crippen molar-refractivity contribution < 1.29 is 16.8 Å². The molecule has 4 nitrogen and oxygen atoms in total. The molecule has 1 aliphatic heterocycles. The molecule has 92 valence electrons. The van der Waals surface area contributed by atoms with Gasteiger partial charge in [-0.15, -0.1) is 0 Å². The van der Waals surface area contributed by atoms with Crippen LogP contribution in [-0.4, -0.2) is 28.8 Å². The highest BCUT2D eigenvalue weighted by molar-refractivity contribution is 7.98. The highest BCUT2D eigenvalue weighted by atomic mass is 35.5. The van der Waals surface area contributed by atoms with Gasteiger partial charge in [0, 0.05) is 11.3 Å². The lowest BCUT2D eigenvalue weighted by molar-refractivity contribution is 0.596. The molecule has 0 aliphatic carbocycles. The smallest absolute Gasteiger partial charge is 0.204 e. The van der Waals surface area contributed by atoms with Crippen LogP contribution >= 0.6 is 11.6 Å². The molecular weight excluding hydrogens is 284 g/mol. The zero-order chi connectivity index (χ0) is 12.8. The van der Waals surface area contributed by atoms with Crippen LogP contribution in [0.15, 0.2) is 28.0 Å². The van der Waals surface area contributed by atoms with Crippen molar-refractivity contribution >= 4 is 37.4 Å². The summed E-state index contributed by atoms with van der Waals surface area (Å²) in [7, 11) is -7.09. The second kappa shape index (κ2) is 3.83. The van der Waals surface area contributed by atoms with Crippen LogP contribution in [0, 0.1) is 0 Å². The number of hydrogen-bond donors (Lipinski definition) is 0. The zero-order valence-electron chi connectivity index (χ0n) is 8.84. The van der Waals surface area contributed by atoms with Gasteiger partial charge in [0.05, 0.1) is 15.6 Å². The molecule has 0 saturated carbocycles. The number of rotatable bonds is 2. The zero-order valence-corrected chi connectivity index (χ0v) is 11.2. The third kappa shape index (κ3) is 2.38. The van der Waals surface area contributed by atoms with Gasteiger partial charge in [0.2, 0.25) is 9.84 Å². The van der Waals surface area contributed by atoms with Crippen LogP contribution in [0.25, 0.3) is 6.08 Å². The lowest BCUT2D eigenvalue weighted by atomic mass is 10.2. The summed E-state index contributed by atoms with van der Waals surface area (Å²) in [5.41, 5.74) is 0.480. The molecular formula is C10H9ClO4S2. The Morgan fingerprint density at radius 3 is 2.53 bits per heavy atom. The average Bonchev–Trinajstić information content (AvgIpc) is 2.38. The van der Waals surface area contributed by atoms with Crippen LogP contribution in [0.5, 0.6) is 0 Å². The second-order valence-corrected chi connectivity index (χ2v) is 8.41. The van der Waals surface area contributed by atoms with Gasteiger partial charge in [0.15, 0.2) is 9.84 Å². The molecule has 0 N–H and O–H groups in total. The normalized spacial score (nSPS) is 17.6.